The zero-order valence-electron chi connectivity index (χ0n) is 11.1. The van der Waals surface area contributed by atoms with E-state index in [0.29, 0.717) is 18.5 Å². The Kier molecular flexibility index (Phi) is 3.74. The smallest absolute Gasteiger partial charge is 0.313 e. The topological polar surface area (TPSA) is 95.5 Å². The van der Waals surface area contributed by atoms with Gasteiger partial charge in [0.15, 0.2) is 0 Å². The molecular weight excluding hydrogens is 260 g/mol. The first-order chi connectivity index (χ1) is 9.43. The van der Waals surface area contributed by atoms with Gasteiger partial charge in [0, 0.05) is 12.2 Å². The van der Waals surface area contributed by atoms with Crippen molar-refractivity contribution in [1.82, 2.24) is 5.32 Å². The highest BCUT2D eigenvalue weighted by Gasteiger charge is 2.50. The molecule has 106 valence electrons. The summed E-state index contributed by atoms with van der Waals surface area (Å²) in [6, 6.07) is 7.02. The summed E-state index contributed by atoms with van der Waals surface area (Å²) in [7, 11) is 0. The van der Waals surface area contributed by atoms with Gasteiger partial charge in [0.25, 0.3) is 0 Å². The van der Waals surface area contributed by atoms with E-state index in [1.807, 2.05) is 19.1 Å². The van der Waals surface area contributed by atoms with Crippen LogP contribution in [-0.4, -0.2) is 29.4 Å². The third kappa shape index (κ3) is 3.14. The fourth-order valence-corrected chi connectivity index (χ4v) is 1.77. The highest BCUT2D eigenvalue weighted by molar-refractivity contribution is 6.39. The average molecular weight is 276 g/mol. The molecule has 2 amide bonds. The molecule has 1 aliphatic rings. The number of aliphatic carboxylic acids is 1. The molecule has 1 aromatic rings. The number of anilines is 1. The van der Waals surface area contributed by atoms with Gasteiger partial charge in [-0.2, -0.15) is 0 Å². The third-order valence-corrected chi connectivity index (χ3v) is 3.41. The maximum atomic E-state index is 11.6. The molecule has 6 nitrogen and oxygen atoms in total. The monoisotopic (exact) mass is 276 g/mol. The molecule has 0 radical (unpaired) electrons. The third-order valence-electron chi connectivity index (χ3n) is 3.41. The van der Waals surface area contributed by atoms with Gasteiger partial charge in [0.2, 0.25) is 0 Å². The highest BCUT2D eigenvalue weighted by Crippen LogP contribution is 2.45. The second-order valence-electron chi connectivity index (χ2n) is 5.09. The van der Waals surface area contributed by atoms with Crippen LogP contribution in [0.5, 0.6) is 0 Å². The second kappa shape index (κ2) is 5.32. The zero-order valence-corrected chi connectivity index (χ0v) is 11.1. The van der Waals surface area contributed by atoms with Crippen LogP contribution in [0.25, 0.3) is 0 Å². The van der Waals surface area contributed by atoms with E-state index in [9.17, 15) is 14.4 Å². The number of carbonyl (C=O) groups is 3. The molecule has 1 saturated carbocycles. The maximum Gasteiger partial charge on any atom is 0.313 e. The molecule has 0 unspecified atom stereocenters. The molecule has 6 heteroatoms. The van der Waals surface area contributed by atoms with Crippen LogP contribution in [-0.2, 0) is 14.4 Å². The molecule has 0 heterocycles. The number of hydrogen-bond acceptors (Lipinski definition) is 3. The van der Waals surface area contributed by atoms with E-state index in [2.05, 4.69) is 10.6 Å². The minimum Gasteiger partial charge on any atom is -0.481 e. The summed E-state index contributed by atoms with van der Waals surface area (Å²) in [4.78, 5) is 34.2. The standard InChI is InChI=1S/C14H16N2O4/c1-9-2-4-10(5-3-9)16-12(18)11(17)15-8-14(6-7-14)13(19)20/h2-5H,6-8H2,1H3,(H,15,17)(H,16,18)(H,19,20). The SMILES string of the molecule is Cc1ccc(NC(=O)C(=O)NCC2(C(=O)O)CC2)cc1. The van der Waals surface area contributed by atoms with Crippen molar-refractivity contribution >= 4 is 23.5 Å². The summed E-state index contributed by atoms with van der Waals surface area (Å²) in [5.41, 5.74) is 0.694. The second-order valence-corrected chi connectivity index (χ2v) is 5.09. The molecule has 0 aliphatic heterocycles. The highest BCUT2D eigenvalue weighted by atomic mass is 16.4. The molecule has 0 bridgehead atoms. The summed E-state index contributed by atoms with van der Waals surface area (Å²) < 4.78 is 0. The van der Waals surface area contributed by atoms with E-state index in [0.717, 1.165) is 5.56 Å². The van der Waals surface area contributed by atoms with Crippen molar-refractivity contribution in [3.63, 3.8) is 0 Å². The Bertz CT molecular complexity index is 547. The minimum atomic E-state index is -0.934. The molecule has 20 heavy (non-hydrogen) atoms. The number of amides is 2. The van der Waals surface area contributed by atoms with Crippen LogP contribution in [0.2, 0.25) is 0 Å². The van der Waals surface area contributed by atoms with Gasteiger partial charge in [-0.25, -0.2) is 0 Å². The first-order valence-electron chi connectivity index (χ1n) is 6.32. The number of carboxylic acids is 1. The molecule has 1 aliphatic carbocycles. The van der Waals surface area contributed by atoms with Crippen molar-refractivity contribution < 1.29 is 19.5 Å². The first-order valence-corrected chi connectivity index (χ1v) is 6.32. The quantitative estimate of drug-likeness (QED) is 0.712. The molecular formula is C14H16N2O4. The summed E-state index contributed by atoms with van der Waals surface area (Å²) in [6.07, 6.45) is 1.06. The largest absolute Gasteiger partial charge is 0.481 e. The van der Waals surface area contributed by atoms with Gasteiger partial charge in [-0.1, -0.05) is 17.7 Å². The predicted molar refractivity (Wildman–Crippen MR) is 72.1 cm³/mol. The van der Waals surface area contributed by atoms with Gasteiger partial charge < -0.3 is 15.7 Å². The Morgan fingerprint density at radius 1 is 1.15 bits per heavy atom. The van der Waals surface area contributed by atoms with E-state index < -0.39 is 23.2 Å². The first kappa shape index (κ1) is 14.0. The molecule has 0 saturated heterocycles. The van der Waals surface area contributed by atoms with Gasteiger partial charge >= 0.3 is 17.8 Å². The van der Waals surface area contributed by atoms with Crippen LogP contribution in [0.3, 0.4) is 0 Å². The number of carbonyl (C=O) groups excluding carboxylic acids is 2. The summed E-state index contributed by atoms with van der Waals surface area (Å²) in [6.45, 7) is 1.90. The van der Waals surface area contributed by atoms with E-state index in [1.165, 1.54) is 0 Å². The van der Waals surface area contributed by atoms with Crippen molar-refractivity contribution in [3.8, 4) is 0 Å². The summed E-state index contributed by atoms with van der Waals surface area (Å²) in [5, 5.41) is 13.8. The predicted octanol–water partition coefficient (Wildman–Crippen LogP) is 0.915. The van der Waals surface area contributed by atoms with Gasteiger partial charge in [-0.05, 0) is 31.9 Å². The van der Waals surface area contributed by atoms with Crippen LogP contribution >= 0.6 is 0 Å². The Morgan fingerprint density at radius 3 is 2.25 bits per heavy atom. The number of hydrogen-bond donors (Lipinski definition) is 3. The maximum absolute atomic E-state index is 11.6. The molecule has 0 spiro atoms. The van der Waals surface area contributed by atoms with Crippen LogP contribution in [0.4, 0.5) is 5.69 Å². The van der Waals surface area contributed by atoms with Crippen molar-refractivity contribution in [2.45, 2.75) is 19.8 Å². The van der Waals surface area contributed by atoms with Gasteiger partial charge in [-0.15, -0.1) is 0 Å². The van der Waals surface area contributed by atoms with Crippen molar-refractivity contribution in [2.75, 3.05) is 11.9 Å². The average Bonchev–Trinajstić information content (AvgIpc) is 3.20. The molecule has 3 N–H and O–H groups in total. The van der Waals surface area contributed by atoms with Gasteiger partial charge in [0.05, 0.1) is 5.41 Å². The fraction of sp³-hybridized carbons (Fsp3) is 0.357. The Morgan fingerprint density at radius 2 is 1.75 bits per heavy atom. The number of carboxylic acid groups (broad SMARTS) is 1. The lowest BCUT2D eigenvalue weighted by Crippen LogP contribution is -2.40. The van der Waals surface area contributed by atoms with E-state index in [4.69, 9.17) is 5.11 Å². The number of benzene rings is 1. The van der Waals surface area contributed by atoms with E-state index in [-0.39, 0.29) is 6.54 Å². The minimum absolute atomic E-state index is 0.0114. The van der Waals surface area contributed by atoms with Crippen LogP contribution in [0.15, 0.2) is 24.3 Å². The van der Waals surface area contributed by atoms with Crippen molar-refractivity contribution in [3.05, 3.63) is 29.8 Å². The molecule has 0 aromatic heterocycles. The summed E-state index contributed by atoms with van der Waals surface area (Å²) in [5.74, 6) is -2.55. The Balaban J connectivity index is 1.85. The van der Waals surface area contributed by atoms with Crippen molar-refractivity contribution in [1.29, 1.82) is 0 Å². The zero-order chi connectivity index (χ0) is 14.8. The number of nitrogens with one attached hydrogen (secondary N) is 2. The molecule has 1 aromatic carbocycles. The lowest BCUT2D eigenvalue weighted by molar-refractivity contribution is -0.144. The molecule has 0 atom stereocenters. The van der Waals surface area contributed by atoms with Crippen molar-refractivity contribution in [2.24, 2.45) is 5.41 Å². The Labute approximate surface area is 116 Å². The van der Waals surface area contributed by atoms with E-state index in [1.54, 1.807) is 12.1 Å². The summed E-state index contributed by atoms with van der Waals surface area (Å²) >= 11 is 0. The number of aryl methyl sites for hydroxylation is 1. The lowest BCUT2D eigenvalue weighted by Gasteiger charge is -2.11. The molecule has 1 fully saturated rings. The van der Waals surface area contributed by atoms with Crippen LogP contribution < -0.4 is 10.6 Å². The molecule has 2 rings (SSSR count). The number of rotatable bonds is 4. The Hall–Kier alpha value is -2.37. The normalized spacial score (nSPS) is 15.2. The van der Waals surface area contributed by atoms with E-state index >= 15 is 0 Å². The van der Waals surface area contributed by atoms with Crippen LogP contribution in [0, 0.1) is 12.3 Å². The lowest BCUT2D eigenvalue weighted by atomic mass is 10.1. The van der Waals surface area contributed by atoms with Crippen LogP contribution in [0.1, 0.15) is 18.4 Å². The van der Waals surface area contributed by atoms with Gasteiger partial charge in [-0.3, -0.25) is 14.4 Å². The van der Waals surface area contributed by atoms with Gasteiger partial charge in [0.1, 0.15) is 0 Å². The fourth-order valence-electron chi connectivity index (χ4n) is 1.77.